The van der Waals surface area contributed by atoms with Crippen LogP contribution in [0.4, 0.5) is 22.1 Å². The predicted molar refractivity (Wildman–Crippen MR) is 114 cm³/mol. The van der Waals surface area contributed by atoms with Crippen LogP contribution in [0, 0.1) is 0 Å². The van der Waals surface area contributed by atoms with Crippen LogP contribution in [0.5, 0.6) is 0 Å². The summed E-state index contributed by atoms with van der Waals surface area (Å²) in [4.78, 5) is 32.4. The first-order valence-electron chi connectivity index (χ1n) is 9.97. The van der Waals surface area contributed by atoms with Gasteiger partial charge in [-0.15, -0.1) is 0 Å². The third kappa shape index (κ3) is 3.46. The van der Waals surface area contributed by atoms with E-state index >= 15 is 0 Å². The zero-order chi connectivity index (χ0) is 19.5. The standard InChI is InChI=1S/C20H27N7O/c1-3-22-17(13-21-2)23-20(28)27-15-9-12-26(14-15)16-7-8-18(24-19(16)27)25-10-5-4-6-11-25/h3,7-8,13,15H,2,4-6,9-12,14H2,1H3,(H,23,28)/b17-13+,22-3-/t15-/m0/s1. The molecule has 8 nitrogen and oxygen atoms in total. The van der Waals surface area contributed by atoms with E-state index in [0.29, 0.717) is 5.82 Å². The lowest BCUT2D eigenvalue weighted by atomic mass is 10.1. The number of anilines is 3. The van der Waals surface area contributed by atoms with E-state index in [0.717, 1.165) is 49.9 Å². The summed E-state index contributed by atoms with van der Waals surface area (Å²) in [6.07, 6.45) is 7.65. The molecule has 3 aliphatic rings. The van der Waals surface area contributed by atoms with Crippen molar-refractivity contribution in [3.63, 3.8) is 0 Å². The lowest BCUT2D eigenvalue weighted by Gasteiger charge is -2.37. The quantitative estimate of drug-likeness (QED) is 0.814. The van der Waals surface area contributed by atoms with Crippen molar-refractivity contribution in [2.45, 2.75) is 38.6 Å². The van der Waals surface area contributed by atoms with E-state index in [1.165, 1.54) is 25.5 Å². The van der Waals surface area contributed by atoms with Crippen molar-refractivity contribution >= 4 is 36.3 Å². The molecule has 0 saturated carbocycles. The molecule has 8 heteroatoms. The smallest absolute Gasteiger partial charge is 0.329 e. The molecule has 2 fully saturated rings. The molecule has 0 spiro atoms. The highest BCUT2D eigenvalue weighted by Gasteiger charge is 2.40. The Hall–Kier alpha value is -2.90. The molecule has 1 N–H and O–H groups in total. The summed E-state index contributed by atoms with van der Waals surface area (Å²) >= 11 is 0. The Morgan fingerprint density at radius 2 is 2.07 bits per heavy atom. The summed E-state index contributed by atoms with van der Waals surface area (Å²) in [5, 5.41) is 2.86. The van der Waals surface area contributed by atoms with E-state index in [1.54, 1.807) is 18.0 Å². The molecule has 148 valence electrons. The molecule has 0 aliphatic carbocycles. The second kappa shape index (κ2) is 8.00. The largest absolute Gasteiger partial charge is 0.366 e. The molecule has 28 heavy (non-hydrogen) atoms. The lowest BCUT2D eigenvalue weighted by molar-refractivity contribution is 0.246. The normalized spacial score (nSPS) is 21.8. The number of fused-ring (bicyclic) bond motifs is 4. The van der Waals surface area contributed by atoms with Gasteiger partial charge in [0.1, 0.15) is 5.82 Å². The number of urea groups is 1. The summed E-state index contributed by atoms with van der Waals surface area (Å²) in [6, 6.07) is 4.09. The van der Waals surface area contributed by atoms with Crippen molar-refractivity contribution in [3.05, 3.63) is 24.2 Å². The SMILES string of the molecule is C=N/C=C(\N=C/C)NC(=O)N1c2nc(N3CCCCC3)ccc2N2CC[C@H]1C2. The molecule has 1 aromatic rings. The Morgan fingerprint density at radius 1 is 1.25 bits per heavy atom. The highest BCUT2D eigenvalue weighted by molar-refractivity contribution is 5.98. The van der Waals surface area contributed by atoms with Crippen LogP contribution in [0.15, 0.2) is 34.1 Å². The first-order valence-corrected chi connectivity index (χ1v) is 9.97. The number of hydrogen-bond acceptors (Lipinski definition) is 6. The molecule has 0 unspecified atom stereocenters. The monoisotopic (exact) mass is 381 g/mol. The van der Waals surface area contributed by atoms with E-state index in [1.807, 2.05) is 0 Å². The first kappa shape index (κ1) is 18.5. The van der Waals surface area contributed by atoms with Crippen LogP contribution in [-0.2, 0) is 0 Å². The Kier molecular flexibility index (Phi) is 5.27. The third-order valence-electron chi connectivity index (χ3n) is 5.55. The van der Waals surface area contributed by atoms with E-state index in [2.05, 4.69) is 44.0 Å². The fourth-order valence-corrected chi connectivity index (χ4v) is 4.25. The molecule has 1 aromatic heterocycles. The summed E-state index contributed by atoms with van der Waals surface area (Å²) in [6.45, 7) is 9.06. The fourth-order valence-electron chi connectivity index (χ4n) is 4.25. The van der Waals surface area contributed by atoms with Crippen molar-refractivity contribution in [2.24, 2.45) is 9.98 Å². The van der Waals surface area contributed by atoms with Gasteiger partial charge in [0, 0.05) is 32.4 Å². The minimum atomic E-state index is -0.225. The number of carbonyl (C=O) groups is 1. The number of piperidine rings is 1. The highest BCUT2D eigenvalue weighted by atomic mass is 16.2. The van der Waals surface area contributed by atoms with Gasteiger partial charge in [-0.05, 0) is 51.5 Å². The molecule has 3 aliphatic heterocycles. The van der Waals surface area contributed by atoms with Crippen molar-refractivity contribution < 1.29 is 4.79 Å². The number of aliphatic imine (C=N–C) groups is 2. The zero-order valence-electron chi connectivity index (χ0n) is 16.3. The Morgan fingerprint density at radius 3 is 2.82 bits per heavy atom. The van der Waals surface area contributed by atoms with Crippen LogP contribution in [0.25, 0.3) is 0 Å². The summed E-state index contributed by atoms with van der Waals surface area (Å²) in [5.74, 6) is 2.06. The van der Waals surface area contributed by atoms with Gasteiger partial charge in [0.05, 0.1) is 17.9 Å². The first-order chi connectivity index (χ1) is 13.7. The number of nitrogens with one attached hydrogen (secondary N) is 1. The fraction of sp³-hybridized carbons (Fsp3) is 0.500. The van der Waals surface area contributed by atoms with Crippen LogP contribution in [-0.4, -0.2) is 56.2 Å². The second-order valence-corrected chi connectivity index (χ2v) is 7.33. The maximum absolute atomic E-state index is 13.2. The van der Waals surface area contributed by atoms with Gasteiger partial charge in [-0.1, -0.05) is 0 Å². The van der Waals surface area contributed by atoms with E-state index in [4.69, 9.17) is 4.98 Å². The Bertz CT molecular complexity index is 813. The van der Waals surface area contributed by atoms with Crippen molar-refractivity contribution in [3.8, 4) is 0 Å². The van der Waals surface area contributed by atoms with Gasteiger partial charge in [0.25, 0.3) is 0 Å². The Balaban J connectivity index is 1.66. The van der Waals surface area contributed by atoms with Crippen LogP contribution in [0.3, 0.4) is 0 Å². The predicted octanol–water partition coefficient (Wildman–Crippen LogP) is 2.77. The highest BCUT2D eigenvalue weighted by Crippen LogP contribution is 2.40. The number of amides is 2. The number of carbonyl (C=O) groups excluding carboxylic acids is 1. The minimum Gasteiger partial charge on any atom is -0.366 e. The summed E-state index contributed by atoms with van der Waals surface area (Å²) in [7, 11) is 0. The number of rotatable bonds is 4. The van der Waals surface area contributed by atoms with Crippen LogP contribution < -0.4 is 20.0 Å². The average molecular weight is 381 g/mol. The number of aromatic nitrogens is 1. The summed E-state index contributed by atoms with van der Waals surface area (Å²) < 4.78 is 0. The molecular weight excluding hydrogens is 354 g/mol. The number of pyridine rings is 1. The van der Waals surface area contributed by atoms with E-state index in [9.17, 15) is 4.79 Å². The molecular formula is C20H27N7O. The minimum absolute atomic E-state index is 0.111. The van der Waals surface area contributed by atoms with Crippen LogP contribution in [0.2, 0.25) is 0 Å². The topological polar surface area (TPSA) is 76.4 Å². The van der Waals surface area contributed by atoms with Gasteiger partial charge in [0.2, 0.25) is 0 Å². The molecule has 0 radical (unpaired) electrons. The van der Waals surface area contributed by atoms with E-state index < -0.39 is 0 Å². The van der Waals surface area contributed by atoms with Gasteiger partial charge < -0.3 is 9.80 Å². The van der Waals surface area contributed by atoms with Crippen LogP contribution >= 0.6 is 0 Å². The summed E-state index contributed by atoms with van der Waals surface area (Å²) in [5.41, 5.74) is 1.02. The van der Waals surface area contributed by atoms with Crippen LogP contribution in [0.1, 0.15) is 32.6 Å². The van der Waals surface area contributed by atoms with Gasteiger partial charge >= 0.3 is 6.03 Å². The third-order valence-corrected chi connectivity index (χ3v) is 5.55. The molecule has 4 rings (SSSR count). The maximum Gasteiger partial charge on any atom is 0.329 e. The second-order valence-electron chi connectivity index (χ2n) is 7.33. The van der Waals surface area contributed by atoms with Crippen molar-refractivity contribution in [1.82, 2.24) is 10.3 Å². The van der Waals surface area contributed by atoms with Crippen molar-refractivity contribution in [2.75, 3.05) is 40.9 Å². The van der Waals surface area contributed by atoms with E-state index in [-0.39, 0.29) is 12.1 Å². The van der Waals surface area contributed by atoms with Crippen molar-refractivity contribution in [1.29, 1.82) is 0 Å². The van der Waals surface area contributed by atoms with Gasteiger partial charge in [-0.3, -0.25) is 15.2 Å². The molecule has 2 saturated heterocycles. The molecule has 1 atom stereocenters. The Labute approximate surface area is 165 Å². The molecule has 4 heterocycles. The number of nitrogens with zero attached hydrogens (tertiary/aromatic N) is 6. The van der Waals surface area contributed by atoms with Gasteiger partial charge in [-0.2, -0.15) is 0 Å². The van der Waals surface area contributed by atoms with Gasteiger partial charge in [0.15, 0.2) is 11.6 Å². The maximum atomic E-state index is 13.2. The molecule has 2 bridgehead atoms. The number of hydrogen-bond donors (Lipinski definition) is 1. The average Bonchev–Trinajstić information content (AvgIpc) is 3.13. The molecule has 0 aromatic carbocycles. The lowest BCUT2D eigenvalue weighted by Crippen LogP contribution is -2.50. The molecule has 2 amide bonds. The van der Waals surface area contributed by atoms with Gasteiger partial charge in [-0.25, -0.2) is 14.8 Å². The zero-order valence-corrected chi connectivity index (χ0v) is 16.3.